The zero-order valence-electron chi connectivity index (χ0n) is 33.5. The first-order valence-electron chi connectivity index (χ1n) is 21.1. The van der Waals surface area contributed by atoms with Crippen LogP contribution in [0.2, 0.25) is 0 Å². The zero-order valence-corrected chi connectivity index (χ0v) is 34.3. The fraction of sp³-hybridized carbons (Fsp3) is 0.0172. The molecule has 0 fully saturated rings. The highest BCUT2D eigenvalue weighted by Gasteiger charge is 2.51. The van der Waals surface area contributed by atoms with Gasteiger partial charge in [0, 0.05) is 36.9 Å². The van der Waals surface area contributed by atoms with E-state index in [-0.39, 0.29) is 0 Å². The maximum absolute atomic E-state index is 5.22. The van der Waals surface area contributed by atoms with Crippen LogP contribution >= 0.6 is 11.3 Å². The molecule has 0 radical (unpaired) electrons. The van der Waals surface area contributed by atoms with Gasteiger partial charge in [-0.1, -0.05) is 194 Å². The van der Waals surface area contributed by atoms with Crippen LogP contribution in [0.5, 0.6) is 0 Å². The molecule has 2 aliphatic carbocycles. The zero-order chi connectivity index (χ0) is 40.8. The lowest BCUT2D eigenvalue weighted by Gasteiger charge is -2.30. The van der Waals surface area contributed by atoms with E-state index in [9.17, 15) is 0 Å². The molecule has 13 rings (SSSR count). The molecule has 2 aromatic heterocycles. The quantitative estimate of drug-likeness (QED) is 0.174. The monoisotopic (exact) mass is 805 g/mol. The van der Waals surface area contributed by atoms with Crippen LogP contribution in [0, 0.1) is 0 Å². The first kappa shape index (κ1) is 35.0. The predicted molar refractivity (Wildman–Crippen MR) is 256 cm³/mol. The van der Waals surface area contributed by atoms with Gasteiger partial charge in [0.25, 0.3) is 0 Å². The van der Waals surface area contributed by atoms with E-state index in [4.69, 9.17) is 15.0 Å². The molecular weight excluding hydrogens is 771 g/mol. The van der Waals surface area contributed by atoms with Crippen molar-refractivity contribution in [3.05, 3.63) is 235 Å². The molecule has 0 saturated carbocycles. The molecule has 0 saturated heterocycles. The van der Waals surface area contributed by atoms with Crippen molar-refractivity contribution in [1.29, 1.82) is 0 Å². The molecule has 4 heteroatoms. The van der Waals surface area contributed by atoms with E-state index in [1.165, 1.54) is 75.8 Å². The average Bonchev–Trinajstić information content (AvgIpc) is 3.99. The van der Waals surface area contributed by atoms with Crippen molar-refractivity contribution in [1.82, 2.24) is 15.0 Å². The van der Waals surface area contributed by atoms with Crippen molar-refractivity contribution >= 4 is 31.5 Å². The summed E-state index contributed by atoms with van der Waals surface area (Å²) < 4.78 is 2.60. The molecule has 1 spiro atoms. The minimum Gasteiger partial charge on any atom is -0.208 e. The minimum atomic E-state index is -0.403. The van der Waals surface area contributed by atoms with Gasteiger partial charge in [0.1, 0.15) is 0 Å². The molecule has 0 atom stereocenters. The van der Waals surface area contributed by atoms with Crippen LogP contribution < -0.4 is 0 Å². The van der Waals surface area contributed by atoms with Crippen molar-refractivity contribution in [2.45, 2.75) is 5.41 Å². The molecular formula is C58H35N3S. The van der Waals surface area contributed by atoms with E-state index in [2.05, 4.69) is 194 Å². The van der Waals surface area contributed by atoms with Crippen LogP contribution in [-0.4, -0.2) is 15.0 Å². The van der Waals surface area contributed by atoms with Crippen molar-refractivity contribution in [3.63, 3.8) is 0 Å². The van der Waals surface area contributed by atoms with E-state index in [0.29, 0.717) is 17.5 Å². The number of thiophene rings is 1. The molecule has 288 valence electrons. The fourth-order valence-electron chi connectivity index (χ4n) is 10.4. The molecule has 2 heterocycles. The van der Waals surface area contributed by atoms with E-state index >= 15 is 0 Å². The Bertz CT molecular complexity index is 3540. The molecule has 0 bridgehead atoms. The third-order valence-corrected chi connectivity index (χ3v) is 14.1. The summed E-state index contributed by atoms with van der Waals surface area (Å²) in [5, 5.41) is 2.59. The molecule has 9 aromatic carbocycles. The summed E-state index contributed by atoms with van der Waals surface area (Å²) in [6, 6.07) is 76.7. The summed E-state index contributed by atoms with van der Waals surface area (Å²) in [5.41, 5.74) is 17.6. The Hall–Kier alpha value is -7.79. The Morgan fingerprint density at radius 1 is 0.306 bits per heavy atom. The predicted octanol–water partition coefficient (Wildman–Crippen LogP) is 14.9. The minimum absolute atomic E-state index is 0.403. The number of rotatable bonds is 5. The second-order valence-corrected chi connectivity index (χ2v) is 17.3. The van der Waals surface area contributed by atoms with Gasteiger partial charge in [0.15, 0.2) is 17.5 Å². The van der Waals surface area contributed by atoms with E-state index in [1.807, 2.05) is 29.5 Å². The van der Waals surface area contributed by atoms with Crippen LogP contribution in [0.1, 0.15) is 22.3 Å². The summed E-state index contributed by atoms with van der Waals surface area (Å²) in [6.07, 6.45) is 0. The van der Waals surface area contributed by atoms with Crippen LogP contribution in [-0.2, 0) is 5.41 Å². The molecule has 0 unspecified atom stereocenters. The first-order chi connectivity index (χ1) is 30.7. The lowest BCUT2D eigenvalue weighted by molar-refractivity contribution is 0.794. The Balaban J connectivity index is 0.948. The summed E-state index contributed by atoms with van der Waals surface area (Å²) in [6.45, 7) is 0. The second-order valence-electron chi connectivity index (χ2n) is 16.2. The third-order valence-electron chi connectivity index (χ3n) is 13.0. The van der Waals surface area contributed by atoms with Crippen LogP contribution in [0.15, 0.2) is 212 Å². The SMILES string of the molecule is c1ccc(-c2nc(-c3ccc(-c4cccc5sc6ccccc6c45)cc3)nc(-c3cccc(-c4cccc5c4-c4ccccc4C54c5ccccc5-c5ccccc54)c3)n2)cc1. The Labute approximate surface area is 363 Å². The largest absolute Gasteiger partial charge is 0.208 e. The smallest absolute Gasteiger partial charge is 0.164 e. The maximum atomic E-state index is 5.22. The van der Waals surface area contributed by atoms with Gasteiger partial charge in [-0.3, -0.25) is 0 Å². The second kappa shape index (κ2) is 13.6. The van der Waals surface area contributed by atoms with E-state index in [1.54, 1.807) is 0 Å². The molecule has 11 aromatic rings. The Morgan fingerprint density at radius 3 is 1.52 bits per heavy atom. The maximum Gasteiger partial charge on any atom is 0.164 e. The molecule has 3 nitrogen and oxygen atoms in total. The van der Waals surface area contributed by atoms with Crippen LogP contribution in [0.3, 0.4) is 0 Å². The number of hydrogen-bond acceptors (Lipinski definition) is 4. The Morgan fingerprint density at radius 2 is 0.774 bits per heavy atom. The van der Waals surface area contributed by atoms with Gasteiger partial charge >= 0.3 is 0 Å². The Kier molecular flexibility index (Phi) is 7.69. The topological polar surface area (TPSA) is 38.7 Å². The molecule has 62 heavy (non-hydrogen) atoms. The van der Waals surface area contributed by atoms with Gasteiger partial charge in [0.2, 0.25) is 0 Å². The summed E-state index contributed by atoms with van der Waals surface area (Å²) in [4.78, 5) is 15.5. The third kappa shape index (κ3) is 5.08. The summed E-state index contributed by atoms with van der Waals surface area (Å²) in [7, 11) is 0. The highest BCUT2D eigenvalue weighted by Crippen LogP contribution is 2.64. The van der Waals surface area contributed by atoms with Gasteiger partial charge < -0.3 is 0 Å². The van der Waals surface area contributed by atoms with E-state index in [0.717, 1.165) is 27.8 Å². The van der Waals surface area contributed by atoms with E-state index < -0.39 is 5.41 Å². The van der Waals surface area contributed by atoms with Crippen molar-refractivity contribution in [2.24, 2.45) is 0 Å². The number of benzene rings is 9. The lowest BCUT2D eigenvalue weighted by atomic mass is 9.70. The number of nitrogens with zero attached hydrogens (tertiary/aromatic N) is 3. The standard InChI is InChI=1S/C58H35N3S/c1-2-15-37(16-3-1)55-59-56(38-33-31-36(32-34-38)41-24-14-30-52-54(41)46-22-7-11-29-51(46)62-52)61-57(60-55)40-18-12-17-39(35-40)42-23-13-28-50-53(42)45-21-6-10-27-49(45)58(50)47-25-8-4-19-43(47)44-20-5-9-26-48(44)58/h1-35H. The van der Waals surface area contributed by atoms with Gasteiger partial charge in [-0.2, -0.15) is 0 Å². The van der Waals surface area contributed by atoms with Gasteiger partial charge in [-0.25, -0.2) is 15.0 Å². The fourth-order valence-corrected chi connectivity index (χ4v) is 11.5. The summed E-state index contributed by atoms with van der Waals surface area (Å²) in [5.74, 6) is 1.92. The lowest BCUT2D eigenvalue weighted by Crippen LogP contribution is -2.25. The molecule has 0 amide bonds. The molecule has 0 N–H and O–H groups in total. The van der Waals surface area contributed by atoms with Gasteiger partial charge in [-0.05, 0) is 85.0 Å². The van der Waals surface area contributed by atoms with Crippen molar-refractivity contribution in [3.8, 4) is 78.7 Å². The number of aromatic nitrogens is 3. The summed E-state index contributed by atoms with van der Waals surface area (Å²) >= 11 is 1.84. The van der Waals surface area contributed by atoms with Gasteiger partial charge in [0.05, 0.1) is 5.41 Å². The van der Waals surface area contributed by atoms with Gasteiger partial charge in [-0.15, -0.1) is 11.3 Å². The number of fused-ring (bicyclic) bond motifs is 13. The molecule has 2 aliphatic rings. The highest BCUT2D eigenvalue weighted by atomic mass is 32.1. The van der Waals surface area contributed by atoms with Crippen molar-refractivity contribution in [2.75, 3.05) is 0 Å². The average molecular weight is 806 g/mol. The van der Waals surface area contributed by atoms with Crippen LogP contribution in [0.4, 0.5) is 0 Å². The molecule has 0 aliphatic heterocycles. The van der Waals surface area contributed by atoms with Crippen LogP contribution in [0.25, 0.3) is 98.8 Å². The number of hydrogen-bond donors (Lipinski definition) is 0. The highest BCUT2D eigenvalue weighted by molar-refractivity contribution is 7.25. The normalized spacial score (nSPS) is 13.0. The van der Waals surface area contributed by atoms with Crippen molar-refractivity contribution < 1.29 is 0 Å². The first-order valence-corrected chi connectivity index (χ1v) is 21.9.